The van der Waals surface area contributed by atoms with E-state index in [0.29, 0.717) is 5.56 Å². The van der Waals surface area contributed by atoms with Crippen LogP contribution in [-0.2, 0) is 26.0 Å². The summed E-state index contributed by atoms with van der Waals surface area (Å²) < 4.78 is 36.9. The number of esters is 1. The van der Waals surface area contributed by atoms with Crippen molar-refractivity contribution in [1.29, 1.82) is 0 Å². The number of aryl methyl sites for hydroxylation is 1. The lowest BCUT2D eigenvalue weighted by atomic mass is 10.2. The maximum atomic E-state index is 12.0. The minimum Gasteiger partial charge on any atom is -0.490 e. The van der Waals surface area contributed by atoms with Crippen molar-refractivity contribution in [1.82, 2.24) is 4.72 Å². The van der Waals surface area contributed by atoms with Crippen LogP contribution in [0.25, 0.3) is 0 Å². The van der Waals surface area contributed by atoms with Crippen LogP contribution in [0.1, 0.15) is 18.1 Å². The van der Waals surface area contributed by atoms with Gasteiger partial charge in [-0.15, -0.1) is 0 Å². The predicted octanol–water partition coefficient (Wildman–Crippen LogP) is 1.91. The maximum absolute atomic E-state index is 12.0. The molecule has 0 amide bonds. The van der Waals surface area contributed by atoms with Gasteiger partial charge in [-0.1, -0.05) is 31.2 Å². The van der Waals surface area contributed by atoms with Crippen LogP contribution in [-0.4, -0.2) is 40.0 Å². The van der Waals surface area contributed by atoms with E-state index in [2.05, 4.69) is 16.6 Å². The molecule has 0 aromatic heterocycles. The summed E-state index contributed by atoms with van der Waals surface area (Å²) in [6.07, 6.45) is 0.916. The number of ether oxygens (including phenoxy) is 2. The summed E-state index contributed by atoms with van der Waals surface area (Å²) in [4.78, 5) is 16.0. The lowest BCUT2D eigenvalue weighted by molar-refractivity contribution is -0.142. The summed E-state index contributed by atoms with van der Waals surface area (Å²) in [5, 5.41) is 0. The molecule has 0 bridgehead atoms. The Hall–Kier alpha value is -2.87. The second-order valence-corrected chi connectivity index (χ2v) is 7.49. The van der Waals surface area contributed by atoms with Gasteiger partial charge in [-0.2, -0.15) is 0 Å². The largest absolute Gasteiger partial charge is 0.490 e. The molecule has 0 spiro atoms. The number of nitrogens with zero attached hydrogens (tertiary/aromatic N) is 1. The SMILES string of the molecule is CCc1cccc(OCCOC(=O)CN=C2NS(=O)(=O)c3ccccc32)c1. The van der Waals surface area contributed by atoms with E-state index in [9.17, 15) is 13.2 Å². The number of rotatable bonds is 7. The molecule has 142 valence electrons. The molecule has 27 heavy (non-hydrogen) atoms. The standard InChI is InChI=1S/C19H20N2O5S/c1-2-14-6-5-7-15(12-14)25-10-11-26-18(22)13-20-19-16-8-3-4-9-17(16)27(23,24)21-19/h3-9,12H,2,10-11,13H2,1H3,(H,20,21). The number of amidine groups is 1. The van der Waals surface area contributed by atoms with Crippen molar-refractivity contribution >= 4 is 21.8 Å². The first-order valence-electron chi connectivity index (χ1n) is 8.53. The van der Waals surface area contributed by atoms with Gasteiger partial charge in [0.2, 0.25) is 0 Å². The Morgan fingerprint density at radius 3 is 2.74 bits per heavy atom. The van der Waals surface area contributed by atoms with Gasteiger partial charge in [-0.3, -0.25) is 14.5 Å². The van der Waals surface area contributed by atoms with Gasteiger partial charge in [0.05, 0.1) is 4.90 Å². The molecule has 1 N–H and O–H groups in total. The Balaban J connectivity index is 1.48. The highest BCUT2D eigenvalue weighted by atomic mass is 32.2. The number of hydrogen-bond acceptors (Lipinski definition) is 6. The fourth-order valence-corrected chi connectivity index (χ4v) is 3.86. The molecule has 0 aliphatic carbocycles. The van der Waals surface area contributed by atoms with Crippen LogP contribution in [0.3, 0.4) is 0 Å². The van der Waals surface area contributed by atoms with Gasteiger partial charge >= 0.3 is 5.97 Å². The highest BCUT2D eigenvalue weighted by molar-refractivity contribution is 7.90. The third-order valence-corrected chi connectivity index (χ3v) is 5.35. The lowest BCUT2D eigenvalue weighted by Gasteiger charge is -2.08. The summed E-state index contributed by atoms with van der Waals surface area (Å²) in [5.74, 6) is 0.315. The van der Waals surface area contributed by atoms with Gasteiger partial charge < -0.3 is 9.47 Å². The quantitative estimate of drug-likeness (QED) is 0.578. The molecule has 3 rings (SSSR count). The topological polar surface area (TPSA) is 94.1 Å². The van der Waals surface area contributed by atoms with Crippen LogP contribution in [0.15, 0.2) is 58.4 Å². The number of benzene rings is 2. The number of carbonyl (C=O) groups is 1. The average Bonchev–Trinajstić information content (AvgIpc) is 2.94. The Morgan fingerprint density at radius 1 is 1.11 bits per heavy atom. The molecule has 0 fully saturated rings. The number of nitrogens with one attached hydrogen (secondary N) is 1. The van der Waals surface area contributed by atoms with Crippen molar-refractivity contribution in [2.24, 2.45) is 4.99 Å². The van der Waals surface area contributed by atoms with Crippen molar-refractivity contribution in [2.75, 3.05) is 19.8 Å². The van der Waals surface area contributed by atoms with Gasteiger partial charge in [-0.25, -0.2) is 8.42 Å². The maximum Gasteiger partial charge on any atom is 0.327 e. The Bertz CT molecular complexity index is 970. The van der Waals surface area contributed by atoms with E-state index < -0.39 is 16.0 Å². The Kier molecular flexibility index (Phi) is 5.75. The van der Waals surface area contributed by atoms with E-state index in [1.807, 2.05) is 24.3 Å². The molecule has 1 aliphatic rings. The van der Waals surface area contributed by atoms with E-state index in [1.165, 1.54) is 11.6 Å². The fraction of sp³-hybridized carbons (Fsp3) is 0.263. The molecule has 0 radical (unpaired) electrons. The first kappa shape index (κ1) is 18.9. The third-order valence-electron chi connectivity index (χ3n) is 3.95. The van der Waals surface area contributed by atoms with E-state index in [1.54, 1.807) is 18.2 Å². The Labute approximate surface area is 158 Å². The molecular formula is C19H20N2O5S. The molecule has 1 aliphatic heterocycles. The van der Waals surface area contributed by atoms with Crippen molar-refractivity contribution in [3.63, 3.8) is 0 Å². The molecule has 0 unspecified atom stereocenters. The minimum atomic E-state index is -3.61. The molecule has 8 heteroatoms. The molecule has 0 saturated carbocycles. The highest BCUT2D eigenvalue weighted by Gasteiger charge is 2.30. The van der Waals surface area contributed by atoms with Crippen LogP contribution >= 0.6 is 0 Å². The van der Waals surface area contributed by atoms with Gasteiger partial charge in [0.1, 0.15) is 31.3 Å². The Morgan fingerprint density at radius 2 is 1.93 bits per heavy atom. The number of carbonyl (C=O) groups excluding carboxylic acids is 1. The van der Waals surface area contributed by atoms with E-state index >= 15 is 0 Å². The summed E-state index contributed by atoms with van der Waals surface area (Å²) in [6.45, 7) is 2.09. The first-order chi connectivity index (χ1) is 13.0. The average molecular weight is 388 g/mol. The molecule has 2 aromatic carbocycles. The summed E-state index contributed by atoms with van der Waals surface area (Å²) in [7, 11) is -3.61. The molecule has 0 atom stereocenters. The van der Waals surface area contributed by atoms with E-state index in [-0.39, 0.29) is 30.5 Å². The second kappa shape index (κ2) is 8.22. The number of hydrogen-bond donors (Lipinski definition) is 1. The summed E-state index contributed by atoms with van der Waals surface area (Å²) in [5.41, 5.74) is 1.61. The van der Waals surface area contributed by atoms with Crippen molar-refractivity contribution in [2.45, 2.75) is 18.2 Å². The van der Waals surface area contributed by atoms with Gasteiger partial charge in [-0.05, 0) is 36.2 Å². The van der Waals surface area contributed by atoms with Crippen molar-refractivity contribution in [3.8, 4) is 5.75 Å². The zero-order valence-electron chi connectivity index (χ0n) is 14.8. The molecule has 7 nitrogen and oxygen atoms in total. The molecular weight excluding hydrogens is 368 g/mol. The number of sulfonamides is 1. The second-order valence-electron chi connectivity index (χ2n) is 5.84. The fourth-order valence-electron chi connectivity index (χ4n) is 2.61. The summed E-state index contributed by atoms with van der Waals surface area (Å²) in [6, 6.07) is 14.2. The van der Waals surface area contributed by atoms with Crippen molar-refractivity contribution < 1.29 is 22.7 Å². The van der Waals surface area contributed by atoms with Gasteiger partial charge in [0, 0.05) is 5.56 Å². The van der Waals surface area contributed by atoms with Crippen molar-refractivity contribution in [3.05, 3.63) is 59.7 Å². The minimum absolute atomic E-state index is 0.0857. The normalized spacial score (nSPS) is 15.8. The molecule has 0 saturated heterocycles. The van der Waals surface area contributed by atoms with E-state index in [4.69, 9.17) is 9.47 Å². The van der Waals surface area contributed by atoms with Gasteiger partial charge in [0.25, 0.3) is 10.0 Å². The number of fused-ring (bicyclic) bond motifs is 1. The van der Waals surface area contributed by atoms with E-state index in [0.717, 1.165) is 12.2 Å². The zero-order valence-corrected chi connectivity index (χ0v) is 15.7. The number of aliphatic imine (C=N–C) groups is 1. The molecule has 2 aromatic rings. The zero-order chi connectivity index (χ0) is 19.3. The van der Waals surface area contributed by atoms with Crippen LogP contribution in [0, 0.1) is 0 Å². The monoisotopic (exact) mass is 388 g/mol. The summed E-state index contributed by atoms with van der Waals surface area (Å²) >= 11 is 0. The van der Waals surface area contributed by atoms with Crippen LogP contribution < -0.4 is 9.46 Å². The van der Waals surface area contributed by atoms with Crippen LogP contribution in [0.5, 0.6) is 5.75 Å². The smallest absolute Gasteiger partial charge is 0.327 e. The molecule has 1 heterocycles. The van der Waals surface area contributed by atoms with Crippen LogP contribution in [0.4, 0.5) is 0 Å². The van der Waals surface area contributed by atoms with Gasteiger partial charge in [0.15, 0.2) is 0 Å². The predicted molar refractivity (Wildman–Crippen MR) is 100 cm³/mol. The lowest BCUT2D eigenvalue weighted by Crippen LogP contribution is -2.23. The van der Waals surface area contributed by atoms with Crippen LogP contribution in [0.2, 0.25) is 0 Å². The first-order valence-corrected chi connectivity index (χ1v) is 10.0. The highest BCUT2D eigenvalue weighted by Crippen LogP contribution is 2.22. The third kappa shape index (κ3) is 4.65.